The van der Waals surface area contributed by atoms with Crippen molar-refractivity contribution in [3.63, 3.8) is 0 Å². The quantitative estimate of drug-likeness (QED) is 0.387. The fraction of sp³-hybridized carbons (Fsp3) is 0.483. The highest BCUT2D eigenvalue weighted by molar-refractivity contribution is 5.99. The first-order valence-corrected chi connectivity index (χ1v) is 13.9. The first-order chi connectivity index (χ1) is 18.9. The molecule has 2 heterocycles. The lowest BCUT2D eigenvalue weighted by atomic mass is 10.1. The highest BCUT2D eigenvalue weighted by Crippen LogP contribution is 2.27. The summed E-state index contributed by atoms with van der Waals surface area (Å²) in [6, 6.07) is 14.3. The standard InChI is InChI=1S/C29H37N5O5/c35-27(26-6-3-16-34(26)29(37)38)30-18-20-15-17-33(19-20)23-11-7-21(8-12-23)31-28(36)32-22-9-13-25(14-10-22)39-24-4-1-2-5-24/h7-14,20,24,26H,1-6,15-19H2,(H,30,35)(H,37,38)(H2,31,32,36)/t20?,26-/m0/s1. The van der Waals surface area contributed by atoms with Gasteiger partial charge in [-0.3, -0.25) is 9.69 Å². The molecule has 1 unspecified atom stereocenters. The van der Waals surface area contributed by atoms with E-state index in [0.29, 0.717) is 42.9 Å². The number of urea groups is 1. The largest absolute Gasteiger partial charge is 0.490 e. The number of likely N-dealkylation sites (tertiary alicyclic amines) is 1. The van der Waals surface area contributed by atoms with Crippen LogP contribution >= 0.6 is 0 Å². The number of hydrogen-bond acceptors (Lipinski definition) is 5. The van der Waals surface area contributed by atoms with Gasteiger partial charge < -0.3 is 30.7 Å². The number of anilines is 3. The van der Waals surface area contributed by atoms with Crippen LogP contribution in [-0.4, -0.2) is 66.4 Å². The summed E-state index contributed by atoms with van der Waals surface area (Å²) in [4.78, 5) is 39.8. The van der Waals surface area contributed by atoms with Crippen molar-refractivity contribution in [1.82, 2.24) is 10.2 Å². The Morgan fingerprint density at radius 1 is 0.846 bits per heavy atom. The minimum Gasteiger partial charge on any atom is -0.490 e. The first kappa shape index (κ1) is 26.6. The number of carbonyl (C=O) groups excluding carboxylic acids is 2. The number of nitrogens with one attached hydrogen (secondary N) is 3. The zero-order valence-corrected chi connectivity index (χ0v) is 22.1. The van der Waals surface area contributed by atoms with Crippen LogP contribution in [0.25, 0.3) is 0 Å². The molecule has 1 aliphatic carbocycles. The summed E-state index contributed by atoms with van der Waals surface area (Å²) in [5.41, 5.74) is 2.45. The SMILES string of the molecule is O=C(Nc1ccc(OC2CCCC2)cc1)Nc1ccc(N2CCC(CNC(=O)[C@@H]3CCCN3C(=O)O)C2)cc1. The van der Waals surface area contributed by atoms with Crippen LogP contribution in [0.1, 0.15) is 44.9 Å². The molecule has 0 spiro atoms. The van der Waals surface area contributed by atoms with Gasteiger partial charge in [-0.15, -0.1) is 0 Å². The summed E-state index contributed by atoms with van der Waals surface area (Å²) in [6.07, 6.45) is 6.17. The maximum atomic E-state index is 12.5. The molecule has 2 aromatic rings. The Bertz CT molecular complexity index is 1150. The summed E-state index contributed by atoms with van der Waals surface area (Å²) in [7, 11) is 0. The van der Waals surface area contributed by atoms with Crippen LogP contribution in [0.4, 0.5) is 26.7 Å². The average molecular weight is 536 g/mol. The minimum absolute atomic E-state index is 0.199. The molecule has 2 saturated heterocycles. The maximum absolute atomic E-state index is 12.5. The Kier molecular flexibility index (Phi) is 8.39. The Labute approximate surface area is 228 Å². The van der Waals surface area contributed by atoms with Gasteiger partial charge in [-0.1, -0.05) is 0 Å². The summed E-state index contributed by atoms with van der Waals surface area (Å²) >= 11 is 0. The summed E-state index contributed by atoms with van der Waals surface area (Å²) in [5, 5.41) is 17.9. The minimum atomic E-state index is -1.03. The van der Waals surface area contributed by atoms with Crippen LogP contribution in [0.2, 0.25) is 0 Å². The van der Waals surface area contributed by atoms with Crippen molar-refractivity contribution in [2.75, 3.05) is 41.7 Å². The first-order valence-electron chi connectivity index (χ1n) is 13.9. The predicted molar refractivity (Wildman–Crippen MR) is 149 cm³/mol. The van der Waals surface area contributed by atoms with Crippen molar-refractivity contribution in [2.45, 2.75) is 57.1 Å². The maximum Gasteiger partial charge on any atom is 0.407 e. The zero-order valence-electron chi connectivity index (χ0n) is 22.1. The molecule has 3 aliphatic rings. The molecule has 2 aliphatic heterocycles. The zero-order chi connectivity index (χ0) is 27.2. The number of benzene rings is 2. The molecular weight excluding hydrogens is 498 g/mol. The molecule has 0 bridgehead atoms. The van der Waals surface area contributed by atoms with Gasteiger partial charge in [-0.05, 0) is 99.4 Å². The molecule has 1 saturated carbocycles. The van der Waals surface area contributed by atoms with Crippen molar-refractivity contribution >= 4 is 35.1 Å². The average Bonchev–Trinajstić information content (AvgIpc) is 3.71. The molecule has 2 aromatic carbocycles. The molecule has 5 rings (SSSR count). The van der Waals surface area contributed by atoms with Gasteiger partial charge in [-0.25, -0.2) is 9.59 Å². The van der Waals surface area contributed by atoms with Crippen LogP contribution in [0.3, 0.4) is 0 Å². The van der Waals surface area contributed by atoms with Crippen LogP contribution in [0.15, 0.2) is 48.5 Å². The van der Waals surface area contributed by atoms with Crippen molar-refractivity contribution < 1.29 is 24.2 Å². The molecular formula is C29H37N5O5. The molecule has 39 heavy (non-hydrogen) atoms. The number of hydrogen-bond donors (Lipinski definition) is 4. The van der Waals surface area contributed by atoms with E-state index < -0.39 is 12.1 Å². The number of nitrogens with zero attached hydrogens (tertiary/aromatic N) is 2. The van der Waals surface area contributed by atoms with Crippen molar-refractivity contribution in [1.29, 1.82) is 0 Å². The number of amides is 4. The highest BCUT2D eigenvalue weighted by atomic mass is 16.5. The molecule has 2 atom stereocenters. The van der Waals surface area contributed by atoms with E-state index in [-0.39, 0.29) is 11.9 Å². The smallest absolute Gasteiger partial charge is 0.407 e. The van der Waals surface area contributed by atoms with E-state index in [4.69, 9.17) is 4.74 Å². The molecule has 10 heteroatoms. The topological polar surface area (TPSA) is 123 Å². The predicted octanol–water partition coefficient (Wildman–Crippen LogP) is 4.74. The van der Waals surface area contributed by atoms with Gasteiger partial charge in [0.1, 0.15) is 11.8 Å². The number of rotatable bonds is 8. The summed E-state index contributed by atoms with van der Waals surface area (Å²) < 4.78 is 5.98. The van der Waals surface area contributed by atoms with E-state index >= 15 is 0 Å². The van der Waals surface area contributed by atoms with E-state index in [0.717, 1.165) is 50.2 Å². The fourth-order valence-electron chi connectivity index (χ4n) is 5.73. The monoisotopic (exact) mass is 535 g/mol. The molecule has 0 aromatic heterocycles. The Morgan fingerprint density at radius 2 is 1.51 bits per heavy atom. The van der Waals surface area contributed by atoms with E-state index in [1.165, 1.54) is 17.7 Å². The molecule has 10 nitrogen and oxygen atoms in total. The molecule has 208 valence electrons. The second-order valence-corrected chi connectivity index (χ2v) is 10.7. The van der Waals surface area contributed by atoms with Gasteiger partial charge in [0, 0.05) is 43.2 Å². The van der Waals surface area contributed by atoms with E-state index in [9.17, 15) is 19.5 Å². The summed E-state index contributed by atoms with van der Waals surface area (Å²) in [6.45, 7) is 2.63. The second-order valence-electron chi connectivity index (χ2n) is 10.7. The van der Waals surface area contributed by atoms with Gasteiger partial charge in [0.05, 0.1) is 6.10 Å². The molecule has 4 N–H and O–H groups in total. The Balaban J connectivity index is 1.05. The highest BCUT2D eigenvalue weighted by Gasteiger charge is 2.34. The second kappa shape index (κ2) is 12.3. The van der Waals surface area contributed by atoms with E-state index in [1.807, 2.05) is 48.5 Å². The van der Waals surface area contributed by atoms with Crippen LogP contribution < -0.4 is 25.6 Å². The Hall–Kier alpha value is -3.95. The lowest BCUT2D eigenvalue weighted by Crippen LogP contribution is -2.46. The Morgan fingerprint density at radius 3 is 2.18 bits per heavy atom. The van der Waals surface area contributed by atoms with Crippen LogP contribution in [0, 0.1) is 5.92 Å². The third-order valence-electron chi connectivity index (χ3n) is 7.86. The van der Waals surface area contributed by atoms with Gasteiger partial charge in [-0.2, -0.15) is 0 Å². The lowest BCUT2D eigenvalue weighted by molar-refractivity contribution is -0.125. The normalized spacial score (nSPS) is 21.1. The molecule has 3 fully saturated rings. The van der Waals surface area contributed by atoms with Gasteiger partial charge in [0.25, 0.3) is 0 Å². The molecule has 0 radical (unpaired) electrons. The van der Waals surface area contributed by atoms with E-state index in [1.54, 1.807) is 0 Å². The molecule has 4 amide bonds. The number of carboxylic acid groups (broad SMARTS) is 1. The number of ether oxygens (including phenoxy) is 1. The lowest BCUT2D eigenvalue weighted by Gasteiger charge is -2.22. The van der Waals surface area contributed by atoms with Crippen molar-refractivity contribution in [3.8, 4) is 5.75 Å². The fourth-order valence-corrected chi connectivity index (χ4v) is 5.73. The third-order valence-corrected chi connectivity index (χ3v) is 7.86. The van der Waals surface area contributed by atoms with Gasteiger partial charge in [0.15, 0.2) is 0 Å². The summed E-state index contributed by atoms with van der Waals surface area (Å²) in [5.74, 6) is 0.927. The number of carbonyl (C=O) groups is 3. The third kappa shape index (κ3) is 6.93. The van der Waals surface area contributed by atoms with Crippen LogP contribution in [-0.2, 0) is 4.79 Å². The van der Waals surface area contributed by atoms with Crippen LogP contribution in [0.5, 0.6) is 5.75 Å². The van der Waals surface area contributed by atoms with E-state index in [2.05, 4.69) is 20.9 Å². The van der Waals surface area contributed by atoms with Crippen molar-refractivity contribution in [3.05, 3.63) is 48.5 Å². The van der Waals surface area contributed by atoms with Gasteiger partial charge in [0.2, 0.25) is 5.91 Å². The van der Waals surface area contributed by atoms with Crippen molar-refractivity contribution in [2.24, 2.45) is 5.92 Å². The van der Waals surface area contributed by atoms with Gasteiger partial charge >= 0.3 is 12.1 Å².